The Balaban J connectivity index is 1.57. The minimum Gasteiger partial charge on any atom is -0.454 e. The van der Waals surface area contributed by atoms with Crippen LogP contribution in [0.1, 0.15) is 24.8 Å². The van der Waals surface area contributed by atoms with Crippen molar-refractivity contribution < 1.29 is 18.9 Å². The summed E-state index contributed by atoms with van der Waals surface area (Å²) >= 11 is 0. The minimum atomic E-state index is -0.0471. The highest BCUT2D eigenvalue weighted by Crippen LogP contribution is 2.32. The summed E-state index contributed by atoms with van der Waals surface area (Å²) < 4.78 is 21.8. The van der Waals surface area contributed by atoms with E-state index in [1.54, 1.807) is 0 Å². The molecular weight excluding hydrogens is 220 g/mol. The maximum absolute atomic E-state index is 5.71. The summed E-state index contributed by atoms with van der Waals surface area (Å²) in [4.78, 5) is 0. The third-order valence-electron chi connectivity index (χ3n) is 3.01. The van der Waals surface area contributed by atoms with Gasteiger partial charge in [-0.15, -0.1) is 0 Å². The average molecular weight is 236 g/mol. The predicted octanol–water partition coefficient (Wildman–Crippen LogP) is 2.46. The second-order valence-corrected chi connectivity index (χ2v) is 4.29. The lowest BCUT2D eigenvalue weighted by Crippen LogP contribution is -2.21. The van der Waals surface area contributed by atoms with Crippen molar-refractivity contribution in [3.63, 3.8) is 0 Å². The maximum Gasteiger partial charge on any atom is 0.231 e. The molecule has 1 aromatic carbocycles. The molecule has 4 heteroatoms. The molecule has 0 aromatic heterocycles. The van der Waals surface area contributed by atoms with Crippen LogP contribution in [-0.4, -0.2) is 19.7 Å². The summed E-state index contributed by atoms with van der Waals surface area (Å²) in [5.74, 6) is 1.61. The molecule has 1 saturated heterocycles. The van der Waals surface area contributed by atoms with Crippen molar-refractivity contribution in [2.45, 2.75) is 32.2 Å². The van der Waals surface area contributed by atoms with Crippen LogP contribution in [0.25, 0.3) is 0 Å². The quantitative estimate of drug-likeness (QED) is 0.807. The molecule has 92 valence electrons. The number of hydrogen-bond acceptors (Lipinski definition) is 4. The summed E-state index contributed by atoms with van der Waals surface area (Å²) in [6, 6.07) is 5.88. The molecule has 0 spiro atoms. The lowest BCUT2D eigenvalue weighted by Gasteiger charge is -2.22. The Labute approximate surface area is 100 Å². The van der Waals surface area contributed by atoms with Gasteiger partial charge in [-0.3, -0.25) is 0 Å². The van der Waals surface area contributed by atoms with E-state index >= 15 is 0 Å². The van der Waals surface area contributed by atoms with Crippen molar-refractivity contribution in [3.05, 3.63) is 23.8 Å². The van der Waals surface area contributed by atoms with Crippen LogP contribution in [0.3, 0.4) is 0 Å². The Morgan fingerprint density at radius 2 is 2.12 bits per heavy atom. The zero-order valence-corrected chi connectivity index (χ0v) is 9.69. The van der Waals surface area contributed by atoms with Crippen molar-refractivity contribution in [1.82, 2.24) is 0 Å². The van der Waals surface area contributed by atoms with Crippen molar-refractivity contribution in [2.24, 2.45) is 0 Å². The maximum atomic E-state index is 5.71. The molecule has 0 N–H and O–H groups in total. The SMILES string of the molecule is c1cc2c(cc1CO[C@H]1CCCCO1)OCO2. The van der Waals surface area contributed by atoms with E-state index < -0.39 is 0 Å². The van der Waals surface area contributed by atoms with Crippen LogP contribution < -0.4 is 9.47 Å². The molecule has 0 radical (unpaired) electrons. The third-order valence-corrected chi connectivity index (χ3v) is 3.01. The molecule has 0 saturated carbocycles. The van der Waals surface area contributed by atoms with Crippen molar-refractivity contribution in [1.29, 1.82) is 0 Å². The first-order chi connectivity index (χ1) is 8.42. The highest BCUT2D eigenvalue weighted by Gasteiger charge is 2.16. The molecule has 2 heterocycles. The van der Waals surface area contributed by atoms with Crippen molar-refractivity contribution >= 4 is 0 Å². The van der Waals surface area contributed by atoms with Crippen LogP contribution in [-0.2, 0) is 16.1 Å². The molecule has 0 amide bonds. The second-order valence-electron chi connectivity index (χ2n) is 4.29. The molecule has 1 atom stereocenters. The number of benzene rings is 1. The van der Waals surface area contributed by atoms with Gasteiger partial charge in [-0.1, -0.05) is 6.07 Å². The molecule has 17 heavy (non-hydrogen) atoms. The normalized spacial score (nSPS) is 22.7. The molecule has 1 aromatic rings. The highest BCUT2D eigenvalue weighted by molar-refractivity contribution is 5.44. The molecule has 3 rings (SSSR count). The van der Waals surface area contributed by atoms with E-state index in [1.165, 1.54) is 6.42 Å². The first-order valence-electron chi connectivity index (χ1n) is 6.03. The van der Waals surface area contributed by atoms with Crippen LogP contribution in [0.5, 0.6) is 11.5 Å². The largest absolute Gasteiger partial charge is 0.454 e. The van der Waals surface area contributed by atoms with Gasteiger partial charge < -0.3 is 18.9 Å². The fourth-order valence-corrected chi connectivity index (χ4v) is 2.06. The van der Waals surface area contributed by atoms with Gasteiger partial charge in [-0.2, -0.15) is 0 Å². The average Bonchev–Trinajstić information content (AvgIpc) is 2.85. The van der Waals surface area contributed by atoms with E-state index in [1.807, 2.05) is 18.2 Å². The van der Waals surface area contributed by atoms with Crippen LogP contribution in [0.15, 0.2) is 18.2 Å². The van der Waals surface area contributed by atoms with Gasteiger partial charge in [-0.05, 0) is 37.0 Å². The number of fused-ring (bicyclic) bond motifs is 1. The fraction of sp³-hybridized carbons (Fsp3) is 0.538. The van der Waals surface area contributed by atoms with Crippen LogP contribution in [0, 0.1) is 0 Å². The topological polar surface area (TPSA) is 36.9 Å². The molecule has 1 fully saturated rings. The molecule has 0 bridgehead atoms. The van der Waals surface area contributed by atoms with Crippen LogP contribution in [0.4, 0.5) is 0 Å². The second kappa shape index (κ2) is 4.94. The van der Waals surface area contributed by atoms with Gasteiger partial charge in [0.05, 0.1) is 6.61 Å². The van der Waals surface area contributed by atoms with E-state index in [0.29, 0.717) is 13.4 Å². The molecule has 0 aliphatic carbocycles. The van der Waals surface area contributed by atoms with E-state index in [0.717, 1.165) is 36.5 Å². The van der Waals surface area contributed by atoms with Crippen molar-refractivity contribution in [3.8, 4) is 11.5 Å². The van der Waals surface area contributed by atoms with Crippen molar-refractivity contribution in [2.75, 3.05) is 13.4 Å². The van der Waals surface area contributed by atoms with E-state index in [9.17, 15) is 0 Å². The number of rotatable bonds is 3. The monoisotopic (exact) mass is 236 g/mol. The van der Waals surface area contributed by atoms with Gasteiger partial charge in [0.2, 0.25) is 6.79 Å². The summed E-state index contributed by atoms with van der Waals surface area (Å²) in [6.07, 6.45) is 3.27. The third kappa shape index (κ3) is 2.53. The predicted molar refractivity (Wildman–Crippen MR) is 60.9 cm³/mol. The first kappa shape index (κ1) is 10.9. The molecule has 2 aliphatic heterocycles. The first-order valence-corrected chi connectivity index (χ1v) is 6.03. The van der Waals surface area contributed by atoms with Gasteiger partial charge in [0.25, 0.3) is 0 Å². The van der Waals surface area contributed by atoms with Gasteiger partial charge in [0.1, 0.15) is 0 Å². The standard InChI is InChI=1S/C13H16O4/c1-2-6-14-13(3-1)15-8-10-4-5-11-12(7-10)17-9-16-11/h4-5,7,13H,1-3,6,8-9H2/t13-/m0/s1. The molecular formula is C13H16O4. The Morgan fingerprint density at radius 1 is 1.18 bits per heavy atom. The van der Waals surface area contributed by atoms with Gasteiger partial charge in [0.15, 0.2) is 17.8 Å². The van der Waals surface area contributed by atoms with Crippen LogP contribution >= 0.6 is 0 Å². The van der Waals surface area contributed by atoms with Gasteiger partial charge in [-0.25, -0.2) is 0 Å². The Hall–Kier alpha value is -1.26. The Kier molecular flexibility index (Phi) is 3.16. The smallest absolute Gasteiger partial charge is 0.231 e. The number of hydrogen-bond donors (Lipinski definition) is 0. The van der Waals surface area contributed by atoms with Gasteiger partial charge in [0, 0.05) is 6.61 Å². The Morgan fingerprint density at radius 3 is 3.00 bits per heavy atom. The highest BCUT2D eigenvalue weighted by atomic mass is 16.7. The zero-order chi connectivity index (χ0) is 11.5. The molecule has 2 aliphatic rings. The minimum absolute atomic E-state index is 0.0471. The molecule has 4 nitrogen and oxygen atoms in total. The summed E-state index contributed by atoms with van der Waals surface area (Å²) in [6.45, 7) is 1.68. The summed E-state index contributed by atoms with van der Waals surface area (Å²) in [5.41, 5.74) is 1.09. The zero-order valence-electron chi connectivity index (χ0n) is 9.69. The summed E-state index contributed by atoms with van der Waals surface area (Å²) in [5, 5.41) is 0. The lowest BCUT2D eigenvalue weighted by molar-refractivity contribution is -0.168. The summed E-state index contributed by atoms with van der Waals surface area (Å²) in [7, 11) is 0. The lowest BCUT2D eigenvalue weighted by atomic mass is 10.2. The molecule has 0 unspecified atom stereocenters. The van der Waals surface area contributed by atoms with Gasteiger partial charge >= 0.3 is 0 Å². The van der Waals surface area contributed by atoms with E-state index in [-0.39, 0.29) is 6.29 Å². The van der Waals surface area contributed by atoms with E-state index in [2.05, 4.69) is 0 Å². The fourth-order valence-electron chi connectivity index (χ4n) is 2.06. The van der Waals surface area contributed by atoms with Crippen LogP contribution in [0.2, 0.25) is 0 Å². The van der Waals surface area contributed by atoms with E-state index in [4.69, 9.17) is 18.9 Å². The number of ether oxygens (including phenoxy) is 4. The Bertz CT molecular complexity index is 385.